The van der Waals surface area contributed by atoms with Crippen LogP contribution in [0.15, 0.2) is 72.8 Å². The van der Waals surface area contributed by atoms with Crippen LogP contribution in [0.1, 0.15) is 21.5 Å². The van der Waals surface area contributed by atoms with Crippen LogP contribution in [0.4, 0.5) is 0 Å². The molecule has 1 aromatic heterocycles. The quantitative estimate of drug-likeness (QED) is 0.438. The van der Waals surface area contributed by atoms with Gasteiger partial charge in [0.05, 0.1) is 16.8 Å². The molecule has 5 heteroatoms. The maximum absolute atomic E-state index is 13.2. The number of pyridine rings is 1. The molecule has 0 unspecified atom stereocenters. The predicted molar refractivity (Wildman–Crippen MR) is 114 cm³/mol. The Bertz CT molecular complexity index is 1250. The Hall–Kier alpha value is -3.86. The fourth-order valence-electron chi connectivity index (χ4n) is 3.70. The molecule has 0 saturated heterocycles. The van der Waals surface area contributed by atoms with E-state index in [0.717, 1.165) is 33.3 Å². The van der Waals surface area contributed by atoms with Gasteiger partial charge in [0.1, 0.15) is 6.61 Å². The minimum absolute atomic E-state index is 0.145. The van der Waals surface area contributed by atoms with Gasteiger partial charge in [-0.3, -0.25) is 0 Å². The van der Waals surface area contributed by atoms with E-state index < -0.39 is 0 Å². The van der Waals surface area contributed by atoms with E-state index in [0.29, 0.717) is 17.1 Å². The van der Waals surface area contributed by atoms with Crippen molar-refractivity contribution in [2.45, 2.75) is 13.5 Å². The van der Waals surface area contributed by atoms with Crippen LogP contribution in [0.5, 0.6) is 11.5 Å². The summed E-state index contributed by atoms with van der Waals surface area (Å²) in [6, 6.07) is 23.0. The van der Waals surface area contributed by atoms with Crippen molar-refractivity contribution in [1.29, 1.82) is 0 Å². The summed E-state index contributed by atoms with van der Waals surface area (Å²) in [5, 5.41) is 0.783. The highest BCUT2D eigenvalue weighted by Crippen LogP contribution is 2.33. The first-order valence-corrected chi connectivity index (χ1v) is 9.71. The third-order valence-electron chi connectivity index (χ3n) is 5.19. The number of hydrogen-bond acceptors (Lipinski definition) is 5. The van der Waals surface area contributed by atoms with Crippen molar-refractivity contribution in [3.63, 3.8) is 0 Å². The van der Waals surface area contributed by atoms with Gasteiger partial charge in [0.25, 0.3) is 0 Å². The van der Waals surface area contributed by atoms with E-state index in [9.17, 15) is 4.79 Å². The SMILES string of the molecule is Cc1c(-c2ccccc2)nc2ccccc2c1C(=O)OCc1ccc2c(c1)OCO2. The molecule has 5 rings (SSSR count). The first kappa shape index (κ1) is 18.2. The number of rotatable bonds is 4. The molecule has 1 aliphatic rings. The van der Waals surface area contributed by atoms with Crippen molar-refractivity contribution in [2.75, 3.05) is 6.79 Å². The third kappa shape index (κ3) is 3.24. The van der Waals surface area contributed by atoms with Crippen LogP contribution in [0.3, 0.4) is 0 Å². The van der Waals surface area contributed by atoms with Crippen LogP contribution in [-0.2, 0) is 11.3 Å². The van der Waals surface area contributed by atoms with Gasteiger partial charge < -0.3 is 14.2 Å². The second kappa shape index (κ2) is 7.52. The summed E-state index contributed by atoms with van der Waals surface area (Å²) in [5.74, 6) is 0.995. The molecular formula is C25H19NO4. The van der Waals surface area contributed by atoms with E-state index in [1.165, 1.54) is 0 Å². The van der Waals surface area contributed by atoms with Crippen LogP contribution >= 0.6 is 0 Å². The van der Waals surface area contributed by atoms with Gasteiger partial charge >= 0.3 is 5.97 Å². The van der Waals surface area contributed by atoms with Gasteiger partial charge in [-0.2, -0.15) is 0 Å². The average molecular weight is 397 g/mol. The maximum Gasteiger partial charge on any atom is 0.339 e. The first-order valence-electron chi connectivity index (χ1n) is 9.71. The summed E-state index contributed by atoms with van der Waals surface area (Å²) in [7, 11) is 0. The molecule has 4 aromatic rings. The standard InChI is InChI=1S/C25H19NO4/c1-16-23(25(27)28-14-17-11-12-21-22(13-17)30-15-29-21)19-9-5-6-10-20(19)26-24(16)18-7-3-2-4-8-18/h2-13H,14-15H2,1H3. The number of nitrogens with zero attached hydrogens (tertiary/aromatic N) is 1. The van der Waals surface area contributed by atoms with E-state index in [2.05, 4.69) is 0 Å². The highest BCUT2D eigenvalue weighted by Gasteiger charge is 2.20. The van der Waals surface area contributed by atoms with Crippen molar-refractivity contribution in [3.8, 4) is 22.8 Å². The lowest BCUT2D eigenvalue weighted by atomic mass is 9.98. The molecule has 0 N–H and O–H groups in total. The van der Waals surface area contributed by atoms with E-state index in [1.807, 2.05) is 79.7 Å². The largest absolute Gasteiger partial charge is 0.457 e. The molecule has 0 saturated carbocycles. The maximum atomic E-state index is 13.2. The molecule has 0 bridgehead atoms. The van der Waals surface area contributed by atoms with Gasteiger partial charge in [0, 0.05) is 10.9 Å². The normalized spacial score (nSPS) is 12.2. The number of para-hydroxylation sites is 1. The number of carbonyl (C=O) groups is 1. The molecule has 30 heavy (non-hydrogen) atoms. The fourth-order valence-corrected chi connectivity index (χ4v) is 3.70. The molecule has 0 fully saturated rings. The van der Waals surface area contributed by atoms with Crippen LogP contribution < -0.4 is 9.47 Å². The number of esters is 1. The van der Waals surface area contributed by atoms with Crippen LogP contribution in [0.25, 0.3) is 22.2 Å². The van der Waals surface area contributed by atoms with Crippen molar-refractivity contribution in [2.24, 2.45) is 0 Å². The third-order valence-corrected chi connectivity index (χ3v) is 5.19. The topological polar surface area (TPSA) is 57.7 Å². The summed E-state index contributed by atoms with van der Waals surface area (Å²) in [6.07, 6.45) is 0. The van der Waals surface area contributed by atoms with Crippen molar-refractivity contribution in [3.05, 3.63) is 89.5 Å². The van der Waals surface area contributed by atoms with Gasteiger partial charge in [-0.05, 0) is 36.2 Å². The zero-order chi connectivity index (χ0) is 20.5. The monoisotopic (exact) mass is 397 g/mol. The van der Waals surface area contributed by atoms with E-state index in [1.54, 1.807) is 0 Å². The Morgan fingerprint density at radius 2 is 1.73 bits per heavy atom. The number of aromatic nitrogens is 1. The smallest absolute Gasteiger partial charge is 0.339 e. The molecule has 1 aliphatic heterocycles. The summed E-state index contributed by atoms with van der Waals surface area (Å²) < 4.78 is 16.4. The van der Waals surface area contributed by atoms with Gasteiger partial charge in [-0.25, -0.2) is 9.78 Å². The Morgan fingerprint density at radius 1 is 0.967 bits per heavy atom. The Morgan fingerprint density at radius 3 is 2.60 bits per heavy atom. The molecule has 148 valence electrons. The minimum atomic E-state index is -0.374. The molecule has 3 aromatic carbocycles. The zero-order valence-corrected chi connectivity index (χ0v) is 16.4. The summed E-state index contributed by atoms with van der Waals surface area (Å²) in [5.41, 5.74) is 4.69. The summed E-state index contributed by atoms with van der Waals surface area (Å²) >= 11 is 0. The van der Waals surface area contributed by atoms with Gasteiger partial charge in [-0.15, -0.1) is 0 Å². The molecule has 0 radical (unpaired) electrons. The molecule has 0 amide bonds. The average Bonchev–Trinajstić information content (AvgIpc) is 3.25. The van der Waals surface area contributed by atoms with Crippen molar-refractivity contribution < 1.29 is 19.0 Å². The van der Waals surface area contributed by atoms with Crippen LogP contribution in [0, 0.1) is 6.92 Å². The molecule has 5 nitrogen and oxygen atoms in total. The lowest BCUT2D eigenvalue weighted by molar-refractivity contribution is 0.0474. The Kier molecular flexibility index (Phi) is 4.56. The van der Waals surface area contributed by atoms with E-state index in [4.69, 9.17) is 19.2 Å². The molecular weight excluding hydrogens is 378 g/mol. The molecule has 2 heterocycles. The number of ether oxygens (including phenoxy) is 3. The predicted octanol–water partition coefficient (Wildman–Crippen LogP) is 5.30. The second-order valence-electron chi connectivity index (χ2n) is 7.11. The van der Waals surface area contributed by atoms with Gasteiger partial charge in [0.2, 0.25) is 6.79 Å². The lowest BCUT2D eigenvalue weighted by Crippen LogP contribution is -2.10. The van der Waals surface area contributed by atoms with E-state index >= 15 is 0 Å². The highest BCUT2D eigenvalue weighted by molar-refractivity contribution is 6.06. The minimum Gasteiger partial charge on any atom is -0.457 e. The van der Waals surface area contributed by atoms with Crippen LogP contribution in [0.2, 0.25) is 0 Å². The highest BCUT2D eigenvalue weighted by atomic mass is 16.7. The zero-order valence-electron chi connectivity index (χ0n) is 16.4. The summed E-state index contributed by atoms with van der Waals surface area (Å²) in [6.45, 7) is 2.27. The molecule has 0 spiro atoms. The molecule has 0 aliphatic carbocycles. The second-order valence-corrected chi connectivity index (χ2v) is 7.11. The number of fused-ring (bicyclic) bond motifs is 2. The first-order chi connectivity index (χ1) is 14.7. The van der Waals surface area contributed by atoms with Gasteiger partial charge in [-0.1, -0.05) is 54.6 Å². The fraction of sp³-hybridized carbons (Fsp3) is 0.120. The number of hydrogen-bond donors (Lipinski definition) is 0. The number of carbonyl (C=O) groups excluding carboxylic acids is 1. The Balaban J connectivity index is 1.51. The van der Waals surface area contributed by atoms with Crippen LogP contribution in [-0.4, -0.2) is 17.7 Å². The lowest BCUT2D eigenvalue weighted by Gasteiger charge is -2.14. The van der Waals surface area contributed by atoms with E-state index in [-0.39, 0.29) is 19.4 Å². The van der Waals surface area contributed by atoms with Crippen molar-refractivity contribution >= 4 is 16.9 Å². The number of benzene rings is 3. The van der Waals surface area contributed by atoms with Gasteiger partial charge in [0.15, 0.2) is 11.5 Å². The van der Waals surface area contributed by atoms with Crippen molar-refractivity contribution in [1.82, 2.24) is 4.98 Å². The molecule has 0 atom stereocenters. The Labute approximate surface area is 173 Å². The summed E-state index contributed by atoms with van der Waals surface area (Å²) in [4.78, 5) is 18.0.